The number of hydrogen-bond donors (Lipinski definition) is 1. The van der Waals surface area contributed by atoms with Crippen LogP contribution >= 0.6 is 0 Å². The van der Waals surface area contributed by atoms with E-state index in [4.69, 9.17) is 4.74 Å². The third-order valence-corrected chi connectivity index (χ3v) is 3.89. The van der Waals surface area contributed by atoms with Crippen LogP contribution in [0.2, 0.25) is 0 Å². The van der Waals surface area contributed by atoms with Gasteiger partial charge in [0.2, 0.25) is 0 Å². The van der Waals surface area contributed by atoms with Gasteiger partial charge >= 0.3 is 0 Å². The highest BCUT2D eigenvalue weighted by atomic mass is 16.5. The average molecular weight is 262 g/mol. The first kappa shape index (κ1) is 14.4. The molecule has 0 spiro atoms. The smallest absolute Gasteiger partial charge is 0.124 e. The van der Waals surface area contributed by atoms with Gasteiger partial charge in [0.1, 0.15) is 5.75 Å². The molecule has 0 saturated heterocycles. The van der Waals surface area contributed by atoms with Crippen LogP contribution in [-0.4, -0.2) is 37.7 Å². The SMILES string of the molecule is CCN(CC)CCCNC1CCOc2ccccc21. The lowest BCUT2D eigenvalue weighted by Gasteiger charge is -2.27. The molecule has 1 atom stereocenters. The van der Waals surface area contributed by atoms with Crippen LogP contribution < -0.4 is 10.1 Å². The van der Waals surface area contributed by atoms with Crippen molar-refractivity contribution in [1.29, 1.82) is 0 Å². The van der Waals surface area contributed by atoms with Gasteiger partial charge in [0.15, 0.2) is 0 Å². The van der Waals surface area contributed by atoms with Crippen molar-refractivity contribution >= 4 is 0 Å². The van der Waals surface area contributed by atoms with Gasteiger partial charge in [-0.15, -0.1) is 0 Å². The van der Waals surface area contributed by atoms with Gasteiger partial charge in [-0.1, -0.05) is 32.0 Å². The van der Waals surface area contributed by atoms with E-state index in [0.29, 0.717) is 6.04 Å². The highest BCUT2D eigenvalue weighted by molar-refractivity contribution is 5.37. The second-order valence-electron chi connectivity index (χ2n) is 5.06. The lowest BCUT2D eigenvalue weighted by atomic mass is 10.0. The quantitative estimate of drug-likeness (QED) is 0.765. The Hall–Kier alpha value is -1.06. The van der Waals surface area contributed by atoms with E-state index in [1.165, 1.54) is 18.5 Å². The normalized spacial score (nSPS) is 18.2. The van der Waals surface area contributed by atoms with Crippen molar-refractivity contribution in [3.05, 3.63) is 29.8 Å². The van der Waals surface area contributed by atoms with Crippen LogP contribution in [0.25, 0.3) is 0 Å². The van der Waals surface area contributed by atoms with Crippen LogP contribution in [0.1, 0.15) is 38.3 Å². The summed E-state index contributed by atoms with van der Waals surface area (Å²) in [5.41, 5.74) is 1.32. The topological polar surface area (TPSA) is 24.5 Å². The molecule has 1 aromatic carbocycles. The number of nitrogens with one attached hydrogen (secondary N) is 1. The Balaban J connectivity index is 1.78. The van der Waals surface area contributed by atoms with Crippen LogP contribution in [0.3, 0.4) is 0 Å². The second kappa shape index (κ2) is 7.51. The summed E-state index contributed by atoms with van der Waals surface area (Å²) in [6, 6.07) is 8.84. The molecule has 0 aromatic heterocycles. The number of rotatable bonds is 7. The number of hydrogen-bond acceptors (Lipinski definition) is 3. The molecule has 106 valence electrons. The average Bonchev–Trinajstić information content (AvgIpc) is 2.47. The van der Waals surface area contributed by atoms with Crippen molar-refractivity contribution in [1.82, 2.24) is 10.2 Å². The molecule has 0 radical (unpaired) electrons. The van der Waals surface area contributed by atoms with Gasteiger partial charge in [0.25, 0.3) is 0 Å². The first-order valence-electron chi connectivity index (χ1n) is 7.52. The number of nitrogens with zero attached hydrogens (tertiary/aromatic N) is 1. The number of para-hydroxylation sites is 1. The van der Waals surface area contributed by atoms with Gasteiger partial charge in [0.05, 0.1) is 6.61 Å². The minimum Gasteiger partial charge on any atom is -0.493 e. The second-order valence-corrected chi connectivity index (χ2v) is 5.06. The molecule has 3 nitrogen and oxygen atoms in total. The van der Waals surface area contributed by atoms with Gasteiger partial charge in [0, 0.05) is 18.0 Å². The molecule has 1 heterocycles. The van der Waals surface area contributed by atoms with Crippen molar-refractivity contribution in [3.8, 4) is 5.75 Å². The highest BCUT2D eigenvalue weighted by Crippen LogP contribution is 2.31. The monoisotopic (exact) mass is 262 g/mol. The lowest BCUT2D eigenvalue weighted by molar-refractivity contribution is 0.248. The minimum absolute atomic E-state index is 0.460. The Labute approximate surface area is 116 Å². The summed E-state index contributed by atoms with van der Waals surface area (Å²) in [5, 5.41) is 3.67. The molecule has 0 aliphatic carbocycles. The zero-order valence-electron chi connectivity index (χ0n) is 12.2. The fourth-order valence-electron chi connectivity index (χ4n) is 2.67. The molecule has 3 heteroatoms. The van der Waals surface area contributed by atoms with Crippen LogP contribution in [0.4, 0.5) is 0 Å². The number of benzene rings is 1. The third kappa shape index (κ3) is 3.95. The molecular weight excluding hydrogens is 236 g/mol. The molecule has 0 fully saturated rings. The molecular formula is C16H26N2O. The van der Waals surface area contributed by atoms with Crippen molar-refractivity contribution in [3.63, 3.8) is 0 Å². The maximum Gasteiger partial charge on any atom is 0.124 e. The van der Waals surface area contributed by atoms with Crippen molar-refractivity contribution in [2.24, 2.45) is 0 Å². The summed E-state index contributed by atoms with van der Waals surface area (Å²) in [6.07, 6.45) is 2.28. The van der Waals surface area contributed by atoms with E-state index in [1.54, 1.807) is 0 Å². The van der Waals surface area contributed by atoms with E-state index in [2.05, 4.69) is 42.3 Å². The van der Waals surface area contributed by atoms with E-state index in [0.717, 1.165) is 38.4 Å². The van der Waals surface area contributed by atoms with Gasteiger partial charge in [-0.3, -0.25) is 0 Å². The summed E-state index contributed by atoms with van der Waals surface area (Å²) in [4.78, 5) is 2.47. The van der Waals surface area contributed by atoms with Crippen LogP contribution in [0.15, 0.2) is 24.3 Å². The lowest BCUT2D eigenvalue weighted by Crippen LogP contribution is -2.31. The Morgan fingerprint density at radius 2 is 2.05 bits per heavy atom. The Kier molecular flexibility index (Phi) is 5.67. The third-order valence-electron chi connectivity index (χ3n) is 3.89. The van der Waals surface area contributed by atoms with E-state index < -0.39 is 0 Å². The largest absolute Gasteiger partial charge is 0.493 e. The molecule has 1 unspecified atom stereocenters. The fourth-order valence-corrected chi connectivity index (χ4v) is 2.67. The van der Waals surface area contributed by atoms with Crippen molar-refractivity contribution in [2.75, 3.05) is 32.8 Å². The Morgan fingerprint density at radius 1 is 1.26 bits per heavy atom. The molecule has 0 bridgehead atoms. The molecule has 2 rings (SSSR count). The van der Waals surface area contributed by atoms with Crippen molar-refractivity contribution in [2.45, 2.75) is 32.7 Å². The first-order valence-corrected chi connectivity index (χ1v) is 7.52. The molecule has 1 aromatic rings. The van der Waals surface area contributed by atoms with Gasteiger partial charge in [-0.05, 0) is 38.7 Å². The number of fused-ring (bicyclic) bond motifs is 1. The minimum atomic E-state index is 0.460. The zero-order chi connectivity index (χ0) is 13.5. The first-order chi connectivity index (χ1) is 9.35. The van der Waals surface area contributed by atoms with Gasteiger partial charge in [-0.2, -0.15) is 0 Å². The fraction of sp³-hybridized carbons (Fsp3) is 0.625. The summed E-state index contributed by atoms with van der Waals surface area (Å²) < 4.78 is 5.68. The van der Waals surface area contributed by atoms with Crippen molar-refractivity contribution < 1.29 is 4.74 Å². The molecule has 1 aliphatic rings. The predicted octanol–water partition coefficient (Wildman–Crippen LogP) is 2.83. The maximum atomic E-state index is 5.68. The Morgan fingerprint density at radius 3 is 2.84 bits per heavy atom. The standard InChI is InChI=1S/C16H26N2O/c1-3-18(4-2)12-7-11-17-15-10-13-19-16-9-6-5-8-14(15)16/h5-6,8-9,15,17H,3-4,7,10-13H2,1-2H3. The van der Waals surface area contributed by atoms with E-state index in [-0.39, 0.29) is 0 Å². The van der Waals surface area contributed by atoms with Gasteiger partial charge in [-0.25, -0.2) is 0 Å². The maximum absolute atomic E-state index is 5.68. The molecule has 1 N–H and O–H groups in total. The molecule has 1 aliphatic heterocycles. The molecule has 19 heavy (non-hydrogen) atoms. The summed E-state index contributed by atoms with van der Waals surface area (Å²) >= 11 is 0. The number of ether oxygens (including phenoxy) is 1. The van der Waals surface area contributed by atoms with Gasteiger partial charge < -0.3 is 15.0 Å². The predicted molar refractivity (Wildman–Crippen MR) is 79.7 cm³/mol. The van der Waals surface area contributed by atoms with E-state index >= 15 is 0 Å². The van der Waals surface area contributed by atoms with Crippen LogP contribution in [-0.2, 0) is 0 Å². The molecule has 0 saturated carbocycles. The molecule has 0 amide bonds. The van der Waals surface area contributed by atoms with Crippen LogP contribution in [0.5, 0.6) is 5.75 Å². The summed E-state index contributed by atoms with van der Waals surface area (Å²) in [5.74, 6) is 1.05. The summed E-state index contributed by atoms with van der Waals surface area (Å²) in [6.45, 7) is 9.84. The highest BCUT2D eigenvalue weighted by Gasteiger charge is 2.19. The zero-order valence-corrected chi connectivity index (χ0v) is 12.2. The summed E-state index contributed by atoms with van der Waals surface area (Å²) in [7, 11) is 0. The van der Waals surface area contributed by atoms with E-state index in [9.17, 15) is 0 Å². The van der Waals surface area contributed by atoms with E-state index in [1.807, 2.05) is 6.07 Å². The Bertz CT molecular complexity index is 377. The van der Waals surface area contributed by atoms with Crippen LogP contribution in [0, 0.1) is 0 Å².